The Balaban J connectivity index is 2.20. The summed E-state index contributed by atoms with van der Waals surface area (Å²) in [5, 5.41) is 4.81. The molecule has 0 aliphatic heterocycles. The molecular formula is C15H18N2O3S. The van der Waals surface area contributed by atoms with Crippen LogP contribution in [-0.4, -0.2) is 10.9 Å². The summed E-state index contributed by atoms with van der Waals surface area (Å²) in [5.74, 6) is 0.673. The van der Waals surface area contributed by atoms with Gasteiger partial charge < -0.3 is 4.42 Å². The van der Waals surface area contributed by atoms with E-state index in [0.29, 0.717) is 28.8 Å². The molecule has 0 fully saturated rings. The highest BCUT2D eigenvalue weighted by Gasteiger charge is 2.17. The largest absolute Gasteiger partial charge is 0.427 e. The van der Waals surface area contributed by atoms with E-state index < -0.39 is 11.5 Å². The molecule has 0 aromatic carbocycles. The van der Waals surface area contributed by atoms with Gasteiger partial charge >= 0.3 is 5.63 Å². The van der Waals surface area contributed by atoms with Gasteiger partial charge in [-0.3, -0.25) is 10.1 Å². The molecule has 2 aromatic heterocycles. The van der Waals surface area contributed by atoms with Crippen LogP contribution in [0.2, 0.25) is 0 Å². The summed E-state index contributed by atoms with van der Waals surface area (Å²) in [5.41, 5.74) is 0.0698. The summed E-state index contributed by atoms with van der Waals surface area (Å²) in [6, 6.07) is 1.76. The Morgan fingerprint density at radius 2 is 2.24 bits per heavy atom. The summed E-state index contributed by atoms with van der Waals surface area (Å²) in [6.07, 6.45) is 3.22. The van der Waals surface area contributed by atoms with Crippen molar-refractivity contribution in [2.24, 2.45) is 5.92 Å². The predicted octanol–water partition coefficient (Wildman–Crippen LogP) is 3.25. The average Bonchev–Trinajstić information content (AvgIpc) is 2.88. The Morgan fingerprint density at radius 3 is 2.81 bits per heavy atom. The number of carbonyl (C=O) groups is 1. The SMILES string of the molecule is Cc1cc(CCC(C)C)oc(=O)c1C(=O)Nc1nccs1. The number of hydrogen-bond acceptors (Lipinski definition) is 5. The van der Waals surface area contributed by atoms with Crippen molar-refractivity contribution in [1.29, 1.82) is 0 Å². The number of rotatable bonds is 5. The van der Waals surface area contributed by atoms with E-state index in [1.807, 2.05) is 0 Å². The molecule has 2 aromatic rings. The van der Waals surface area contributed by atoms with Gasteiger partial charge in [-0.25, -0.2) is 9.78 Å². The van der Waals surface area contributed by atoms with Gasteiger partial charge in [-0.2, -0.15) is 0 Å². The zero-order valence-corrected chi connectivity index (χ0v) is 13.1. The van der Waals surface area contributed by atoms with Gasteiger partial charge in [0.2, 0.25) is 0 Å². The smallest absolute Gasteiger partial charge is 0.349 e. The summed E-state index contributed by atoms with van der Waals surface area (Å²) in [6.45, 7) is 5.97. The van der Waals surface area contributed by atoms with Gasteiger partial charge in [0, 0.05) is 18.0 Å². The number of amides is 1. The molecule has 6 heteroatoms. The highest BCUT2D eigenvalue weighted by Crippen LogP contribution is 2.15. The summed E-state index contributed by atoms with van der Waals surface area (Å²) >= 11 is 1.30. The molecule has 2 rings (SSSR count). The van der Waals surface area contributed by atoms with Crippen molar-refractivity contribution in [1.82, 2.24) is 4.98 Å². The van der Waals surface area contributed by atoms with Gasteiger partial charge in [0.15, 0.2) is 5.13 Å². The molecule has 0 radical (unpaired) electrons. The van der Waals surface area contributed by atoms with E-state index in [4.69, 9.17) is 4.42 Å². The minimum Gasteiger partial charge on any atom is -0.427 e. The summed E-state index contributed by atoms with van der Waals surface area (Å²) in [7, 11) is 0. The van der Waals surface area contributed by atoms with Crippen LogP contribution in [0.1, 0.15) is 41.9 Å². The normalized spacial score (nSPS) is 10.9. The van der Waals surface area contributed by atoms with E-state index in [0.717, 1.165) is 6.42 Å². The van der Waals surface area contributed by atoms with Crippen LogP contribution >= 0.6 is 11.3 Å². The van der Waals surface area contributed by atoms with Crippen LogP contribution in [0.5, 0.6) is 0 Å². The number of aryl methyl sites for hydroxylation is 2. The molecule has 2 heterocycles. The fourth-order valence-corrected chi connectivity index (χ4v) is 2.47. The third-order valence-electron chi connectivity index (χ3n) is 3.05. The third kappa shape index (κ3) is 4.01. The number of anilines is 1. The topological polar surface area (TPSA) is 72.2 Å². The quantitative estimate of drug-likeness (QED) is 0.920. The van der Waals surface area contributed by atoms with E-state index in [-0.39, 0.29) is 5.56 Å². The molecule has 21 heavy (non-hydrogen) atoms. The Bertz CT molecular complexity index is 675. The number of aromatic nitrogens is 1. The highest BCUT2D eigenvalue weighted by atomic mass is 32.1. The van der Waals surface area contributed by atoms with Gasteiger partial charge in [-0.05, 0) is 30.9 Å². The van der Waals surface area contributed by atoms with Gasteiger partial charge in [0.05, 0.1) is 0 Å². The molecule has 0 bridgehead atoms. The standard InChI is InChI=1S/C15H18N2O3S/c1-9(2)4-5-11-8-10(3)12(14(19)20-11)13(18)17-15-16-6-7-21-15/h6-9H,4-5H2,1-3H3,(H,16,17,18). The molecule has 0 atom stereocenters. The van der Waals surface area contributed by atoms with Gasteiger partial charge in [-0.1, -0.05) is 13.8 Å². The molecule has 0 aliphatic carbocycles. The highest BCUT2D eigenvalue weighted by molar-refractivity contribution is 7.13. The van der Waals surface area contributed by atoms with Crippen molar-refractivity contribution in [3.63, 3.8) is 0 Å². The number of thiazole rings is 1. The summed E-state index contributed by atoms with van der Waals surface area (Å²) < 4.78 is 5.25. The van der Waals surface area contributed by atoms with Crippen molar-refractivity contribution in [2.75, 3.05) is 5.32 Å². The molecule has 0 aliphatic rings. The molecule has 0 unspecified atom stereocenters. The van der Waals surface area contributed by atoms with E-state index in [1.54, 1.807) is 24.6 Å². The van der Waals surface area contributed by atoms with Crippen molar-refractivity contribution < 1.29 is 9.21 Å². The summed E-state index contributed by atoms with van der Waals surface area (Å²) in [4.78, 5) is 28.1. The molecule has 0 spiro atoms. The van der Waals surface area contributed by atoms with Gasteiger partial charge in [0.25, 0.3) is 5.91 Å². The zero-order chi connectivity index (χ0) is 15.4. The molecular weight excluding hydrogens is 288 g/mol. The van der Waals surface area contributed by atoms with Crippen molar-refractivity contribution in [3.8, 4) is 0 Å². The van der Waals surface area contributed by atoms with Crippen molar-refractivity contribution >= 4 is 22.4 Å². The minimum atomic E-state index is -0.595. The molecule has 1 amide bonds. The van der Waals surface area contributed by atoms with E-state index in [1.165, 1.54) is 11.3 Å². The van der Waals surface area contributed by atoms with Crippen LogP contribution in [0, 0.1) is 12.8 Å². The lowest BCUT2D eigenvalue weighted by atomic mass is 10.0. The van der Waals surface area contributed by atoms with Crippen molar-refractivity contribution in [2.45, 2.75) is 33.6 Å². The monoisotopic (exact) mass is 306 g/mol. The predicted molar refractivity (Wildman–Crippen MR) is 82.9 cm³/mol. The number of nitrogens with one attached hydrogen (secondary N) is 1. The molecule has 112 valence electrons. The van der Waals surface area contributed by atoms with Crippen LogP contribution in [-0.2, 0) is 6.42 Å². The van der Waals surface area contributed by atoms with Crippen LogP contribution in [0.3, 0.4) is 0 Å². The Hall–Kier alpha value is -1.95. The van der Waals surface area contributed by atoms with Crippen LogP contribution in [0.4, 0.5) is 5.13 Å². The lowest BCUT2D eigenvalue weighted by Gasteiger charge is -2.07. The number of nitrogens with zero attached hydrogens (tertiary/aromatic N) is 1. The Morgan fingerprint density at radius 1 is 1.48 bits per heavy atom. The number of carbonyl (C=O) groups excluding carboxylic acids is 1. The average molecular weight is 306 g/mol. The maximum atomic E-state index is 12.1. The third-order valence-corrected chi connectivity index (χ3v) is 3.74. The maximum absolute atomic E-state index is 12.1. The second kappa shape index (κ2) is 6.67. The first kappa shape index (κ1) is 15.4. The minimum absolute atomic E-state index is 0.0403. The van der Waals surface area contributed by atoms with Crippen LogP contribution < -0.4 is 10.9 Å². The first-order valence-corrected chi connectivity index (χ1v) is 7.69. The molecule has 1 N–H and O–H groups in total. The first-order chi connectivity index (χ1) is 9.97. The lowest BCUT2D eigenvalue weighted by molar-refractivity contribution is 0.102. The van der Waals surface area contributed by atoms with Crippen LogP contribution in [0.25, 0.3) is 0 Å². The fraction of sp³-hybridized carbons (Fsp3) is 0.400. The fourth-order valence-electron chi connectivity index (χ4n) is 1.94. The molecule has 5 nitrogen and oxygen atoms in total. The van der Waals surface area contributed by atoms with E-state index in [9.17, 15) is 9.59 Å². The second-order valence-electron chi connectivity index (χ2n) is 5.28. The van der Waals surface area contributed by atoms with Gasteiger partial charge in [0.1, 0.15) is 11.3 Å². The molecule has 0 saturated carbocycles. The molecule has 0 saturated heterocycles. The first-order valence-electron chi connectivity index (χ1n) is 6.82. The zero-order valence-electron chi connectivity index (χ0n) is 12.3. The second-order valence-corrected chi connectivity index (χ2v) is 6.18. The number of hydrogen-bond donors (Lipinski definition) is 1. The Kier molecular flexibility index (Phi) is 4.90. The lowest BCUT2D eigenvalue weighted by Crippen LogP contribution is -2.23. The van der Waals surface area contributed by atoms with E-state index in [2.05, 4.69) is 24.1 Å². The van der Waals surface area contributed by atoms with Gasteiger partial charge in [-0.15, -0.1) is 11.3 Å². The van der Waals surface area contributed by atoms with E-state index >= 15 is 0 Å². The van der Waals surface area contributed by atoms with Crippen LogP contribution in [0.15, 0.2) is 26.9 Å². The Labute approximate surface area is 127 Å². The maximum Gasteiger partial charge on any atom is 0.349 e. The van der Waals surface area contributed by atoms with Crippen molar-refractivity contribution in [3.05, 3.63) is 45.0 Å².